The molecule has 0 bridgehead atoms. The lowest BCUT2D eigenvalue weighted by Gasteiger charge is -2.18. The summed E-state index contributed by atoms with van der Waals surface area (Å²) in [4.78, 5) is 0. The third-order valence-electron chi connectivity index (χ3n) is 1.85. The lowest BCUT2D eigenvalue weighted by atomic mass is 10.2. The summed E-state index contributed by atoms with van der Waals surface area (Å²) in [5.41, 5.74) is 0. The summed E-state index contributed by atoms with van der Waals surface area (Å²) in [7, 11) is 3.11. The van der Waals surface area contributed by atoms with E-state index in [1.54, 1.807) is 0 Å². The van der Waals surface area contributed by atoms with Gasteiger partial charge in [-0.3, -0.25) is 0 Å². The summed E-state index contributed by atoms with van der Waals surface area (Å²) in [6.45, 7) is 4.49. The van der Waals surface area contributed by atoms with Gasteiger partial charge in [0.05, 0.1) is 0 Å². The summed E-state index contributed by atoms with van der Waals surface area (Å²) < 4.78 is 2.19. The second-order valence-corrected chi connectivity index (χ2v) is 7.03. The number of halogens is 1. The molecule has 0 aliphatic rings. The van der Waals surface area contributed by atoms with E-state index in [0.717, 1.165) is 5.92 Å². The van der Waals surface area contributed by atoms with Crippen LogP contribution in [0.15, 0.2) is 0 Å². The van der Waals surface area contributed by atoms with Crippen molar-refractivity contribution in [3.63, 3.8) is 0 Å². The Labute approximate surface area is 70.8 Å². The normalized spacial score (nSPS) is 17.4. The van der Waals surface area contributed by atoms with E-state index in [-0.39, 0.29) is 0 Å². The average Bonchev–Trinajstić information content (AvgIpc) is 1.87. The van der Waals surface area contributed by atoms with Crippen molar-refractivity contribution in [2.24, 2.45) is 5.92 Å². The fraction of sp³-hybridized carbons (Fsp3) is 1.00. The molecule has 0 saturated heterocycles. The van der Waals surface area contributed by atoms with Gasteiger partial charge < -0.3 is 4.57 Å². The minimum atomic E-state index is -1.05. The first-order chi connectivity index (χ1) is 4.57. The number of rotatable bonds is 4. The zero-order valence-corrected chi connectivity index (χ0v) is 9.30. The average molecular weight is 180 g/mol. The molecule has 0 aromatic carbocycles. The second-order valence-electron chi connectivity index (χ2n) is 3.15. The SMILES string of the molecule is CCC(C)C[SiH](Cl)N(C)C. The number of hydrogen-bond donors (Lipinski definition) is 0. The smallest absolute Gasteiger partial charge is 0.213 e. The Balaban J connectivity index is 3.46. The van der Waals surface area contributed by atoms with E-state index in [1.165, 1.54) is 12.5 Å². The molecule has 0 radical (unpaired) electrons. The largest absolute Gasteiger partial charge is 0.320 e. The summed E-state index contributed by atoms with van der Waals surface area (Å²) >= 11 is 6.15. The maximum absolute atomic E-state index is 6.15. The van der Waals surface area contributed by atoms with Crippen molar-refractivity contribution in [3.05, 3.63) is 0 Å². The number of nitrogens with zero attached hydrogens (tertiary/aromatic N) is 1. The van der Waals surface area contributed by atoms with Crippen molar-refractivity contribution in [1.82, 2.24) is 4.57 Å². The van der Waals surface area contributed by atoms with Crippen LogP contribution in [-0.2, 0) is 0 Å². The predicted octanol–water partition coefficient (Wildman–Crippen LogP) is 2.05. The van der Waals surface area contributed by atoms with Crippen LogP contribution in [0.3, 0.4) is 0 Å². The molecular weight excluding hydrogens is 162 g/mol. The van der Waals surface area contributed by atoms with Crippen LogP contribution in [0, 0.1) is 5.92 Å². The molecule has 0 heterocycles. The van der Waals surface area contributed by atoms with Gasteiger partial charge in [0.15, 0.2) is 0 Å². The van der Waals surface area contributed by atoms with Crippen molar-refractivity contribution in [2.75, 3.05) is 14.1 Å². The highest BCUT2D eigenvalue weighted by Crippen LogP contribution is 2.13. The quantitative estimate of drug-likeness (QED) is 0.472. The minimum Gasteiger partial charge on any atom is -0.320 e. The van der Waals surface area contributed by atoms with Crippen LogP contribution in [0.5, 0.6) is 0 Å². The van der Waals surface area contributed by atoms with Gasteiger partial charge in [-0.15, -0.1) is 0 Å². The van der Waals surface area contributed by atoms with E-state index in [1.807, 2.05) is 0 Å². The van der Waals surface area contributed by atoms with Gasteiger partial charge in [0.1, 0.15) is 0 Å². The molecule has 3 heteroatoms. The van der Waals surface area contributed by atoms with Crippen molar-refractivity contribution in [3.8, 4) is 0 Å². The van der Waals surface area contributed by atoms with Crippen LogP contribution in [0.2, 0.25) is 6.04 Å². The monoisotopic (exact) mass is 179 g/mol. The Hall–Kier alpha value is 0.467. The molecule has 0 rings (SSSR count). The molecular formula is C7H18ClNSi. The predicted molar refractivity (Wildman–Crippen MR) is 51.0 cm³/mol. The van der Waals surface area contributed by atoms with E-state index < -0.39 is 8.27 Å². The fourth-order valence-electron chi connectivity index (χ4n) is 0.710. The molecule has 0 amide bonds. The van der Waals surface area contributed by atoms with E-state index >= 15 is 0 Å². The Morgan fingerprint density at radius 1 is 1.50 bits per heavy atom. The molecule has 1 nitrogen and oxygen atoms in total. The zero-order valence-electron chi connectivity index (χ0n) is 7.39. The third-order valence-corrected chi connectivity index (χ3v) is 5.87. The zero-order chi connectivity index (χ0) is 8.15. The third kappa shape index (κ3) is 4.31. The molecule has 0 spiro atoms. The maximum Gasteiger partial charge on any atom is 0.213 e. The van der Waals surface area contributed by atoms with E-state index in [9.17, 15) is 0 Å². The Morgan fingerprint density at radius 3 is 2.30 bits per heavy atom. The summed E-state index contributed by atoms with van der Waals surface area (Å²) in [6, 6.07) is 1.23. The maximum atomic E-state index is 6.15. The van der Waals surface area contributed by atoms with Crippen LogP contribution in [0.25, 0.3) is 0 Å². The van der Waals surface area contributed by atoms with E-state index in [4.69, 9.17) is 11.1 Å². The number of hydrogen-bond acceptors (Lipinski definition) is 1. The lowest BCUT2D eigenvalue weighted by Crippen LogP contribution is -2.28. The lowest BCUT2D eigenvalue weighted by molar-refractivity contribution is 0.582. The summed E-state index contributed by atoms with van der Waals surface area (Å²) in [5.74, 6) is 0.802. The van der Waals surface area contributed by atoms with Gasteiger partial charge in [-0.1, -0.05) is 20.3 Å². The van der Waals surface area contributed by atoms with Gasteiger partial charge in [0, 0.05) is 0 Å². The molecule has 0 aliphatic heterocycles. The van der Waals surface area contributed by atoms with E-state index in [0.29, 0.717) is 0 Å². The van der Waals surface area contributed by atoms with Gasteiger partial charge >= 0.3 is 0 Å². The Bertz CT molecular complexity index is 87.7. The van der Waals surface area contributed by atoms with E-state index in [2.05, 4.69) is 32.5 Å². The standard InChI is InChI=1S/C7H18ClNSi/c1-5-7(2)6-10(8)9(3)4/h7,10H,5-6H2,1-4H3. The van der Waals surface area contributed by atoms with Crippen molar-refractivity contribution >= 4 is 19.3 Å². The molecule has 0 saturated carbocycles. The van der Waals surface area contributed by atoms with Gasteiger partial charge in [-0.05, 0) is 26.1 Å². The Morgan fingerprint density at radius 2 is 2.00 bits per heavy atom. The first kappa shape index (κ1) is 10.5. The van der Waals surface area contributed by atoms with Crippen molar-refractivity contribution in [1.29, 1.82) is 0 Å². The van der Waals surface area contributed by atoms with Gasteiger partial charge in [0.2, 0.25) is 8.27 Å². The van der Waals surface area contributed by atoms with Crippen LogP contribution in [0.1, 0.15) is 20.3 Å². The van der Waals surface area contributed by atoms with Gasteiger partial charge in [0.25, 0.3) is 0 Å². The van der Waals surface area contributed by atoms with Crippen LogP contribution in [0.4, 0.5) is 0 Å². The van der Waals surface area contributed by atoms with Crippen molar-refractivity contribution in [2.45, 2.75) is 26.3 Å². The molecule has 10 heavy (non-hydrogen) atoms. The minimum absolute atomic E-state index is 0.802. The highest BCUT2D eigenvalue weighted by molar-refractivity contribution is 7.05. The van der Waals surface area contributed by atoms with Gasteiger partial charge in [-0.25, -0.2) is 0 Å². The van der Waals surface area contributed by atoms with Gasteiger partial charge in [-0.2, -0.15) is 11.1 Å². The topological polar surface area (TPSA) is 3.24 Å². The first-order valence-electron chi connectivity index (χ1n) is 3.88. The molecule has 0 aromatic heterocycles. The Kier molecular flexibility index (Phi) is 5.40. The summed E-state index contributed by atoms with van der Waals surface area (Å²) in [5, 5.41) is 0. The molecule has 2 atom stereocenters. The highest BCUT2D eigenvalue weighted by atomic mass is 35.6. The molecule has 2 unspecified atom stereocenters. The summed E-state index contributed by atoms with van der Waals surface area (Å²) in [6.07, 6.45) is 1.25. The van der Waals surface area contributed by atoms with Crippen molar-refractivity contribution < 1.29 is 0 Å². The molecule has 0 fully saturated rings. The molecule has 62 valence electrons. The van der Waals surface area contributed by atoms with Crippen LogP contribution >= 0.6 is 11.1 Å². The highest BCUT2D eigenvalue weighted by Gasteiger charge is 2.12. The fourth-order valence-corrected chi connectivity index (χ4v) is 3.04. The van der Waals surface area contributed by atoms with Crippen LogP contribution < -0.4 is 0 Å². The molecule has 0 aliphatic carbocycles. The first-order valence-corrected chi connectivity index (χ1v) is 6.96. The second kappa shape index (κ2) is 5.16. The van der Waals surface area contributed by atoms with Crippen LogP contribution in [-0.4, -0.2) is 26.9 Å². The molecule has 0 aromatic rings. The molecule has 0 N–H and O–H groups in total.